The predicted octanol–water partition coefficient (Wildman–Crippen LogP) is 4.05. The molecule has 136 valence electrons. The van der Waals surface area contributed by atoms with Crippen LogP contribution in [0.3, 0.4) is 0 Å². The second-order valence-corrected chi connectivity index (χ2v) is 7.27. The van der Waals surface area contributed by atoms with E-state index in [0.29, 0.717) is 13.1 Å². The van der Waals surface area contributed by atoms with Crippen molar-refractivity contribution >= 4 is 17.2 Å². The number of hydrogen-bond donors (Lipinski definition) is 0. The highest BCUT2D eigenvalue weighted by molar-refractivity contribution is 7.12. The van der Waals surface area contributed by atoms with E-state index < -0.39 is 0 Å². The van der Waals surface area contributed by atoms with E-state index in [1.54, 1.807) is 13.3 Å². The lowest BCUT2D eigenvalue weighted by Crippen LogP contribution is -2.36. The van der Waals surface area contributed by atoms with Crippen molar-refractivity contribution in [3.63, 3.8) is 0 Å². The Hall–Kier alpha value is -2.60. The Labute approximate surface area is 157 Å². The molecule has 0 fully saturated rings. The molecule has 3 aromatic rings. The van der Waals surface area contributed by atoms with Crippen molar-refractivity contribution in [3.05, 3.63) is 70.4 Å². The number of carbonyl (C=O) groups excluding carboxylic acids is 1. The molecular formula is C20H23N3O2S. The van der Waals surface area contributed by atoms with Gasteiger partial charge in [-0.2, -0.15) is 0 Å². The molecular weight excluding hydrogens is 346 g/mol. The third kappa shape index (κ3) is 4.14. The molecule has 1 aromatic carbocycles. The first-order valence-electron chi connectivity index (χ1n) is 8.56. The number of thiophene rings is 1. The van der Waals surface area contributed by atoms with Gasteiger partial charge in [0.1, 0.15) is 11.6 Å². The average molecular weight is 369 g/mol. The summed E-state index contributed by atoms with van der Waals surface area (Å²) in [6.07, 6.45) is 3.73. The maximum atomic E-state index is 12.8. The highest BCUT2D eigenvalue weighted by Crippen LogP contribution is 2.18. The molecule has 0 spiro atoms. The smallest absolute Gasteiger partial charge is 0.264 e. The van der Waals surface area contributed by atoms with Crippen LogP contribution in [0.2, 0.25) is 0 Å². The standard InChI is InChI=1S/C20H23N3O2S/c1-15(2)23(20(24)18-8-5-11-26-18)14-19-21-9-10-22(19)13-16-6-4-7-17(12-16)25-3/h4-12,15H,13-14H2,1-3H3. The fourth-order valence-corrected chi connectivity index (χ4v) is 3.47. The Balaban J connectivity index is 1.79. The lowest BCUT2D eigenvalue weighted by Gasteiger charge is -2.26. The van der Waals surface area contributed by atoms with Gasteiger partial charge in [-0.05, 0) is 43.0 Å². The van der Waals surface area contributed by atoms with Crippen LogP contribution in [0.25, 0.3) is 0 Å². The van der Waals surface area contributed by atoms with Crippen molar-refractivity contribution in [3.8, 4) is 5.75 Å². The van der Waals surface area contributed by atoms with Crippen molar-refractivity contribution in [2.24, 2.45) is 0 Å². The van der Waals surface area contributed by atoms with Crippen LogP contribution in [-0.4, -0.2) is 33.5 Å². The lowest BCUT2D eigenvalue weighted by atomic mass is 10.2. The van der Waals surface area contributed by atoms with Gasteiger partial charge in [0.25, 0.3) is 5.91 Å². The van der Waals surface area contributed by atoms with E-state index in [0.717, 1.165) is 22.0 Å². The van der Waals surface area contributed by atoms with Crippen LogP contribution in [0, 0.1) is 0 Å². The second-order valence-electron chi connectivity index (χ2n) is 6.33. The zero-order valence-corrected chi connectivity index (χ0v) is 16.1. The van der Waals surface area contributed by atoms with Crippen LogP contribution in [0.1, 0.15) is 34.9 Å². The van der Waals surface area contributed by atoms with Gasteiger partial charge >= 0.3 is 0 Å². The maximum absolute atomic E-state index is 12.8. The Morgan fingerprint density at radius 1 is 1.31 bits per heavy atom. The van der Waals surface area contributed by atoms with Gasteiger partial charge in [0.05, 0.1) is 18.5 Å². The molecule has 1 amide bonds. The minimum Gasteiger partial charge on any atom is -0.497 e. The highest BCUT2D eigenvalue weighted by Gasteiger charge is 2.21. The molecule has 0 aliphatic carbocycles. The van der Waals surface area contributed by atoms with E-state index in [-0.39, 0.29) is 11.9 Å². The molecule has 26 heavy (non-hydrogen) atoms. The zero-order chi connectivity index (χ0) is 18.5. The molecule has 0 bridgehead atoms. The molecule has 2 aromatic heterocycles. The fourth-order valence-electron chi connectivity index (χ4n) is 2.79. The second kappa shape index (κ2) is 8.19. The van der Waals surface area contributed by atoms with Gasteiger partial charge in [0, 0.05) is 25.0 Å². The molecule has 2 heterocycles. The monoisotopic (exact) mass is 369 g/mol. The van der Waals surface area contributed by atoms with Crippen molar-refractivity contribution in [2.75, 3.05) is 7.11 Å². The van der Waals surface area contributed by atoms with Gasteiger partial charge in [-0.25, -0.2) is 4.98 Å². The van der Waals surface area contributed by atoms with Gasteiger partial charge in [-0.3, -0.25) is 4.79 Å². The Morgan fingerprint density at radius 2 is 2.15 bits per heavy atom. The number of amides is 1. The number of nitrogens with zero attached hydrogens (tertiary/aromatic N) is 3. The number of methoxy groups -OCH3 is 1. The van der Waals surface area contributed by atoms with E-state index in [1.807, 2.05) is 60.7 Å². The quantitative estimate of drug-likeness (QED) is 0.631. The first kappa shape index (κ1) is 18.2. The third-order valence-corrected chi connectivity index (χ3v) is 5.07. The van der Waals surface area contributed by atoms with Crippen molar-refractivity contribution < 1.29 is 9.53 Å². The largest absolute Gasteiger partial charge is 0.497 e. The molecule has 0 N–H and O–H groups in total. The molecule has 6 heteroatoms. The lowest BCUT2D eigenvalue weighted by molar-refractivity contribution is 0.0688. The van der Waals surface area contributed by atoms with Gasteiger partial charge in [-0.15, -0.1) is 11.3 Å². The summed E-state index contributed by atoms with van der Waals surface area (Å²) >= 11 is 1.47. The summed E-state index contributed by atoms with van der Waals surface area (Å²) in [7, 11) is 1.67. The summed E-state index contributed by atoms with van der Waals surface area (Å²) in [5, 5.41) is 1.93. The summed E-state index contributed by atoms with van der Waals surface area (Å²) in [5.74, 6) is 1.75. The Kier molecular flexibility index (Phi) is 5.73. The summed E-state index contributed by atoms with van der Waals surface area (Å²) in [6.45, 7) is 5.22. The zero-order valence-electron chi connectivity index (χ0n) is 15.3. The number of benzene rings is 1. The minimum absolute atomic E-state index is 0.0472. The molecule has 3 rings (SSSR count). The van der Waals surface area contributed by atoms with Gasteiger partial charge < -0.3 is 14.2 Å². The molecule has 0 atom stereocenters. The molecule has 0 saturated carbocycles. The van der Waals surface area contributed by atoms with Crippen LogP contribution in [0.4, 0.5) is 0 Å². The van der Waals surface area contributed by atoms with Crippen molar-refractivity contribution in [1.82, 2.24) is 14.5 Å². The first-order valence-corrected chi connectivity index (χ1v) is 9.44. The van der Waals surface area contributed by atoms with E-state index in [2.05, 4.69) is 15.6 Å². The number of imidazole rings is 1. The van der Waals surface area contributed by atoms with Gasteiger partial charge in [-0.1, -0.05) is 18.2 Å². The van der Waals surface area contributed by atoms with Crippen molar-refractivity contribution in [1.29, 1.82) is 0 Å². The molecule has 0 unspecified atom stereocenters. The SMILES string of the molecule is COc1cccc(Cn2ccnc2CN(C(=O)c2cccs2)C(C)C)c1. The fraction of sp³-hybridized carbons (Fsp3) is 0.300. The summed E-state index contributed by atoms with van der Waals surface area (Å²) in [6, 6.07) is 11.8. The van der Waals surface area contributed by atoms with Crippen LogP contribution >= 0.6 is 11.3 Å². The molecule has 0 radical (unpaired) electrons. The minimum atomic E-state index is 0.0472. The number of ether oxygens (including phenoxy) is 1. The van der Waals surface area contributed by atoms with Crippen LogP contribution in [0.15, 0.2) is 54.2 Å². The summed E-state index contributed by atoms with van der Waals surface area (Å²) < 4.78 is 7.37. The Morgan fingerprint density at radius 3 is 2.85 bits per heavy atom. The number of carbonyl (C=O) groups is 1. The van der Waals surface area contributed by atoms with Gasteiger partial charge in [0.2, 0.25) is 0 Å². The Bertz CT molecular complexity index is 856. The van der Waals surface area contributed by atoms with E-state index in [1.165, 1.54) is 11.3 Å². The van der Waals surface area contributed by atoms with Crippen molar-refractivity contribution in [2.45, 2.75) is 33.0 Å². The molecule has 5 nitrogen and oxygen atoms in total. The third-order valence-electron chi connectivity index (χ3n) is 4.22. The number of rotatable bonds is 7. The summed E-state index contributed by atoms with van der Waals surface area (Å²) in [4.78, 5) is 19.9. The van der Waals surface area contributed by atoms with E-state index >= 15 is 0 Å². The molecule has 0 aliphatic heterocycles. The predicted molar refractivity (Wildman–Crippen MR) is 104 cm³/mol. The highest BCUT2D eigenvalue weighted by atomic mass is 32.1. The average Bonchev–Trinajstić information content (AvgIpc) is 3.31. The van der Waals surface area contributed by atoms with Crippen LogP contribution < -0.4 is 4.74 Å². The molecule has 0 aliphatic rings. The number of aromatic nitrogens is 2. The first-order chi connectivity index (χ1) is 12.6. The maximum Gasteiger partial charge on any atom is 0.264 e. The van der Waals surface area contributed by atoms with Crippen LogP contribution in [-0.2, 0) is 13.1 Å². The van der Waals surface area contributed by atoms with E-state index in [4.69, 9.17) is 4.74 Å². The number of hydrogen-bond acceptors (Lipinski definition) is 4. The molecule has 0 saturated heterocycles. The summed E-state index contributed by atoms with van der Waals surface area (Å²) in [5.41, 5.74) is 1.13. The van der Waals surface area contributed by atoms with E-state index in [9.17, 15) is 4.79 Å². The van der Waals surface area contributed by atoms with Crippen LogP contribution in [0.5, 0.6) is 5.75 Å². The normalized spacial score (nSPS) is 10.9. The van der Waals surface area contributed by atoms with Gasteiger partial charge in [0.15, 0.2) is 0 Å². The topological polar surface area (TPSA) is 47.4 Å².